The molecule has 0 atom stereocenters. The van der Waals surface area contributed by atoms with Crippen LogP contribution in [0.1, 0.15) is 21.8 Å². The average Bonchev–Trinajstić information content (AvgIpc) is 3.19. The second-order valence-electron chi connectivity index (χ2n) is 5.91. The van der Waals surface area contributed by atoms with Crippen molar-refractivity contribution in [1.82, 2.24) is 10.1 Å². The van der Waals surface area contributed by atoms with Gasteiger partial charge in [0.1, 0.15) is 11.3 Å². The van der Waals surface area contributed by atoms with Crippen molar-refractivity contribution in [2.75, 3.05) is 6.61 Å². The van der Waals surface area contributed by atoms with Crippen molar-refractivity contribution in [1.29, 1.82) is 0 Å². The minimum Gasteiger partial charge on any atom is -0.483 e. The molecule has 0 fully saturated rings. The predicted molar refractivity (Wildman–Crippen MR) is 95.0 cm³/mol. The number of aromatic nitrogens is 2. The molecule has 0 saturated carbocycles. The van der Waals surface area contributed by atoms with Gasteiger partial charge in [-0.2, -0.15) is 18.2 Å². The van der Waals surface area contributed by atoms with E-state index < -0.39 is 30.2 Å². The summed E-state index contributed by atoms with van der Waals surface area (Å²) in [7, 11) is 0. The molecule has 2 aromatic carbocycles. The fourth-order valence-electron chi connectivity index (χ4n) is 2.35. The Bertz CT molecular complexity index is 1050. The van der Waals surface area contributed by atoms with Crippen LogP contribution in [0.2, 0.25) is 0 Å². The van der Waals surface area contributed by atoms with Gasteiger partial charge in [0, 0.05) is 5.56 Å². The Hall–Kier alpha value is -3.89. The van der Waals surface area contributed by atoms with E-state index >= 15 is 0 Å². The third kappa shape index (κ3) is 5.13. The number of ether oxygens (including phenoxy) is 2. The topological polar surface area (TPSA) is 118 Å². The first kappa shape index (κ1) is 20.8. The van der Waals surface area contributed by atoms with Gasteiger partial charge in [0.2, 0.25) is 5.82 Å². The lowest BCUT2D eigenvalue weighted by atomic mass is 10.1. The number of nitrogens with zero attached hydrogens (tertiary/aromatic N) is 2. The van der Waals surface area contributed by atoms with Crippen LogP contribution in [-0.2, 0) is 22.3 Å². The molecule has 156 valence electrons. The third-order valence-corrected chi connectivity index (χ3v) is 3.74. The monoisotopic (exact) mass is 421 g/mol. The van der Waals surface area contributed by atoms with Gasteiger partial charge in [0.05, 0.1) is 5.56 Å². The van der Waals surface area contributed by atoms with Gasteiger partial charge in [-0.1, -0.05) is 29.4 Å². The Morgan fingerprint density at radius 3 is 2.43 bits per heavy atom. The van der Waals surface area contributed by atoms with E-state index in [1.54, 1.807) is 12.1 Å². The summed E-state index contributed by atoms with van der Waals surface area (Å²) in [5.74, 6) is -1.39. The Labute approximate surface area is 167 Å². The number of carbonyl (C=O) groups is 2. The second-order valence-corrected chi connectivity index (χ2v) is 5.91. The molecule has 0 aliphatic carbocycles. The Balaban J connectivity index is 1.65. The Morgan fingerprint density at radius 1 is 1.07 bits per heavy atom. The smallest absolute Gasteiger partial charge is 0.416 e. The van der Waals surface area contributed by atoms with Crippen LogP contribution in [0, 0.1) is 0 Å². The molecule has 0 saturated heterocycles. The van der Waals surface area contributed by atoms with Crippen LogP contribution in [0.25, 0.3) is 11.4 Å². The van der Waals surface area contributed by atoms with Crippen molar-refractivity contribution >= 4 is 11.9 Å². The number of carbonyl (C=O) groups excluding carboxylic acids is 2. The van der Waals surface area contributed by atoms with Gasteiger partial charge in [0.25, 0.3) is 11.8 Å². The Morgan fingerprint density at radius 2 is 1.77 bits per heavy atom. The fourth-order valence-corrected chi connectivity index (χ4v) is 2.35. The number of hydrogen-bond donors (Lipinski definition) is 1. The molecule has 11 heteroatoms. The summed E-state index contributed by atoms with van der Waals surface area (Å²) in [6.45, 7) is -0.791. The average molecular weight is 421 g/mol. The minimum absolute atomic E-state index is 0.0416. The van der Waals surface area contributed by atoms with Crippen molar-refractivity contribution in [2.24, 2.45) is 5.73 Å². The molecule has 3 rings (SSSR count). The van der Waals surface area contributed by atoms with Crippen LogP contribution < -0.4 is 10.5 Å². The standard InChI is InChI=1S/C19H14F3N3O5/c20-19(21,22)12-7-5-11(6-8-12)17-24-16(30-25-17)10-29-18(27)13-3-1-2-4-14(13)28-9-15(23)26/h1-8H,9-10H2,(H2,23,26). The lowest BCUT2D eigenvalue weighted by Crippen LogP contribution is -2.21. The molecule has 0 unspecified atom stereocenters. The summed E-state index contributed by atoms with van der Waals surface area (Å²) < 4.78 is 53.1. The highest BCUT2D eigenvalue weighted by Gasteiger charge is 2.30. The number of nitrogens with two attached hydrogens (primary N) is 1. The lowest BCUT2D eigenvalue weighted by Gasteiger charge is -2.09. The number of amides is 1. The third-order valence-electron chi connectivity index (χ3n) is 3.74. The summed E-state index contributed by atoms with van der Waals surface area (Å²) >= 11 is 0. The van der Waals surface area contributed by atoms with Crippen LogP contribution in [0.3, 0.4) is 0 Å². The van der Waals surface area contributed by atoms with Gasteiger partial charge < -0.3 is 19.7 Å². The van der Waals surface area contributed by atoms with Gasteiger partial charge in [-0.15, -0.1) is 0 Å². The minimum atomic E-state index is -4.45. The first-order valence-electron chi connectivity index (χ1n) is 8.41. The van der Waals surface area contributed by atoms with Gasteiger partial charge >= 0.3 is 12.1 Å². The second kappa shape index (κ2) is 8.64. The normalized spacial score (nSPS) is 11.2. The molecule has 1 amide bonds. The highest BCUT2D eigenvalue weighted by atomic mass is 19.4. The summed E-state index contributed by atoms with van der Waals surface area (Å²) in [5.41, 5.74) is 4.57. The molecule has 0 aliphatic heterocycles. The molecule has 30 heavy (non-hydrogen) atoms. The summed E-state index contributed by atoms with van der Waals surface area (Å²) in [6.07, 6.45) is -4.45. The SMILES string of the molecule is NC(=O)COc1ccccc1C(=O)OCc1nc(-c2ccc(C(F)(F)F)cc2)no1. The van der Waals surface area contributed by atoms with Crippen molar-refractivity contribution in [2.45, 2.75) is 12.8 Å². The number of hydrogen-bond acceptors (Lipinski definition) is 7. The molecular formula is C19H14F3N3O5. The summed E-state index contributed by atoms with van der Waals surface area (Å²) in [6, 6.07) is 10.3. The van der Waals surface area contributed by atoms with Gasteiger partial charge in [0.15, 0.2) is 13.2 Å². The zero-order valence-electron chi connectivity index (χ0n) is 15.2. The summed E-state index contributed by atoms with van der Waals surface area (Å²) in [5, 5.41) is 3.66. The Kier molecular flexibility index (Phi) is 6.00. The van der Waals surface area contributed by atoms with E-state index in [2.05, 4.69) is 10.1 Å². The number of halogens is 3. The molecule has 0 bridgehead atoms. The van der Waals surface area contributed by atoms with Crippen molar-refractivity contribution < 1.29 is 36.8 Å². The zero-order valence-corrected chi connectivity index (χ0v) is 15.2. The summed E-state index contributed by atoms with van der Waals surface area (Å²) in [4.78, 5) is 27.1. The first-order chi connectivity index (χ1) is 14.2. The quantitative estimate of drug-likeness (QED) is 0.583. The number of esters is 1. The molecular weight excluding hydrogens is 407 g/mol. The number of para-hydroxylation sites is 1. The highest BCUT2D eigenvalue weighted by Crippen LogP contribution is 2.30. The molecule has 3 aromatic rings. The van der Waals surface area contributed by atoms with Crippen LogP contribution in [0.4, 0.5) is 13.2 Å². The maximum atomic E-state index is 12.6. The largest absolute Gasteiger partial charge is 0.483 e. The molecule has 1 aromatic heterocycles. The first-order valence-corrected chi connectivity index (χ1v) is 8.41. The van der Waals surface area contributed by atoms with Gasteiger partial charge in [-0.3, -0.25) is 4.79 Å². The highest BCUT2D eigenvalue weighted by molar-refractivity contribution is 5.92. The number of alkyl halides is 3. The van der Waals surface area contributed by atoms with Crippen molar-refractivity contribution in [3.8, 4) is 17.1 Å². The maximum absolute atomic E-state index is 12.6. The van der Waals surface area contributed by atoms with E-state index in [0.29, 0.717) is 5.56 Å². The van der Waals surface area contributed by atoms with E-state index in [1.807, 2.05) is 0 Å². The number of primary amides is 1. The lowest BCUT2D eigenvalue weighted by molar-refractivity contribution is -0.137. The van der Waals surface area contributed by atoms with Gasteiger partial charge in [-0.05, 0) is 24.3 Å². The molecule has 0 spiro atoms. The van der Waals surface area contributed by atoms with E-state index in [-0.39, 0.29) is 29.6 Å². The molecule has 0 radical (unpaired) electrons. The van der Waals surface area contributed by atoms with E-state index in [1.165, 1.54) is 24.3 Å². The maximum Gasteiger partial charge on any atom is 0.416 e. The van der Waals surface area contributed by atoms with Crippen molar-refractivity contribution in [3.63, 3.8) is 0 Å². The van der Waals surface area contributed by atoms with Crippen LogP contribution in [0.5, 0.6) is 5.75 Å². The van der Waals surface area contributed by atoms with Crippen LogP contribution in [0.15, 0.2) is 53.1 Å². The van der Waals surface area contributed by atoms with E-state index in [0.717, 1.165) is 12.1 Å². The van der Waals surface area contributed by atoms with Gasteiger partial charge in [-0.25, -0.2) is 4.79 Å². The fraction of sp³-hybridized carbons (Fsp3) is 0.158. The van der Waals surface area contributed by atoms with E-state index in [4.69, 9.17) is 19.7 Å². The van der Waals surface area contributed by atoms with Crippen LogP contribution in [-0.4, -0.2) is 28.6 Å². The molecule has 8 nitrogen and oxygen atoms in total. The molecule has 0 aliphatic rings. The van der Waals surface area contributed by atoms with E-state index in [9.17, 15) is 22.8 Å². The van der Waals surface area contributed by atoms with Crippen LogP contribution >= 0.6 is 0 Å². The van der Waals surface area contributed by atoms with Crippen molar-refractivity contribution in [3.05, 3.63) is 65.5 Å². The predicted octanol–water partition coefficient (Wildman–Crippen LogP) is 2.98. The molecule has 1 heterocycles. The number of rotatable bonds is 7. The zero-order chi connectivity index (χ0) is 21.7. The number of benzene rings is 2. The molecule has 2 N–H and O–H groups in total.